The maximum atomic E-state index is 11.9. The highest BCUT2D eigenvalue weighted by molar-refractivity contribution is 5.92. The highest BCUT2D eigenvalue weighted by Gasteiger charge is 2.17. The van der Waals surface area contributed by atoms with Gasteiger partial charge in [-0.1, -0.05) is 0 Å². The average molecular weight is 355 g/mol. The van der Waals surface area contributed by atoms with Crippen LogP contribution in [0.25, 0.3) is 0 Å². The summed E-state index contributed by atoms with van der Waals surface area (Å²) in [6.45, 7) is 1.88. The number of carbonyl (C=O) groups excluding carboxylic acids is 1. The van der Waals surface area contributed by atoms with E-state index in [-0.39, 0.29) is 24.4 Å². The topological polar surface area (TPSA) is 59.6 Å². The van der Waals surface area contributed by atoms with Crippen LogP contribution in [-0.4, -0.2) is 37.8 Å². The van der Waals surface area contributed by atoms with E-state index in [0.29, 0.717) is 12.6 Å². The Balaban J connectivity index is 0.00000208. The van der Waals surface area contributed by atoms with E-state index in [2.05, 4.69) is 10.6 Å². The van der Waals surface area contributed by atoms with Crippen molar-refractivity contribution < 1.29 is 14.3 Å². The highest BCUT2D eigenvalue weighted by Crippen LogP contribution is 2.24. The van der Waals surface area contributed by atoms with Crippen molar-refractivity contribution in [2.45, 2.75) is 50.7 Å². The first-order valence-corrected chi connectivity index (χ1v) is 8.68. The molecule has 0 spiro atoms. The Morgan fingerprint density at radius 1 is 1.12 bits per heavy atom. The van der Waals surface area contributed by atoms with E-state index in [1.807, 2.05) is 24.3 Å². The number of benzene rings is 1. The maximum absolute atomic E-state index is 11.9. The molecule has 1 amide bonds. The number of anilines is 1. The summed E-state index contributed by atoms with van der Waals surface area (Å²) in [5, 5.41) is 6.04. The molecule has 1 aliphatic carbocycles. The zero-order chi connectivity index (χ0) is 15.9. The van der Waals surface area contributed by atoms with E-state index in [4.69, 9.17) is 9.47 Å². The van der Waals surface area contributed by atoms with Crippen LogP contribution in [0.1, 0.15) is 38.5 Å². The second-order valence-corrected chi connectivity index (χ2v) is 6.36. The largest absolute Gasteiger partial charge is 0.490 e. The molecule has 1 aliphatic heterocycles. The molecule has 24 heavy (non-hydrogen) atoms. The normalized spacial score (nSPS) is 20.6. The number of rotatable bonds is 7. The van der Waals surface area contributed by atoms with Crippen LogP contribution in [0.2, 0.25) is 0 Å². The number of ether oxygens (including phenoxy) is 2. The minimum absolute atomic E-state index is 0. The van der Waals surface area contributed by atoms with Gasteiger partial charge >= 0.3 is 0 Å². The number of carbonyl (C=O) groups is 1. The van der Waals surface area contributed by atoms with Crippen LogP contribution in [0.3, 0.4) is 0 Å². The monoisotopic (exact) mass is 354 g/mol. The van der Waals surface area contributed by atoms with Gasteiger partial charge in [0.1, 0.15) is 5.75 Å². The average Bonchev–Trinajstić information content (AvgIpc) is 3.23. The Kier molecular flexibility index (Phi) is 7.82. The predicted octanol–water partition coefficient (Wildman–Crippen LogP) is 3.14. The fourth-order valence-corrected chi connectivity index (χ4v) is 3.17. The third-order valence-electron chi connectivity index (χ3n) is 4.42. The lowest BCUT2D eigenvalue weighted by Crippen LogP contribution is -2.33. The summed E-state index contributed by atoms with van der Waals surface area (Å²) in [6.07, 6.45) is 7.64. The van der Waals surface area contributed by atoms with Crippen LogP contribution < -0.4 is 15.4 Å². The Hall–Kier alpha value is -1.30. The third-order valence-corrected chi connectivity index (χ3v) is 4.42. The van der Waals surface area contributed by atoms with Crippen molar-refractivity contribution >= 4 is 24.0 Å². The molecule has 1 saturated heterocycles. The summed E-state index contributed by atoms with van der Waals surface area (Å²) >= 11 is 0. The standard InChI is InChI=1S/C18H26N2O3.ClH/c21-18(13-19-12-17-6-3-11-22-17)20-14-7-9-16(10-8-14)23-15-4-1-2-5-15;/h7-10,15,17,19H,1-6,11-13H2,(H,20,21);1H. The Bertz CT molecular complexity index is 497. The molecule has 5 nitrogen and oxygen atoms in total. The van der Waals surface area contributed by atoms with Crippen LogP contribution in [-0.2, 0) is 9.53 Å². The van der Waals surface area contributed by atoms with Gasteiger partial charge in [0.25, 0.3) is 0 Å². The first-order valence-electron chi connectivity index (χ1n) is 8.68. The molecule has 1 atom stereocenters. The molecule has 1 saturated carbocycles. The summed E-state index contributed by atoms with van der Waals surface area (Å²) < 4.78 is 11.4. The van der Waals surface area contributed by atoms with Gasteiger partial charge < -0.3 is 20.1 Å². The van der Waals surface area contributed by atoms with Gasteiger partial charge in [-0.05, 0) is 62.8 Å². The van der Waals surface area contributed by atoms with Gasteiger partial charge in [0.05, 0.1) is 18.8 Å². The fraction of sp³-hybridized carbons (Fsp3) is 0.611. The van der Waals surface area contributed by atoms with Gasteiger partial charge in [-0.2, -0.15) is 0 Å². The SMILES string of the molecule is Cl.O=C(CNCC1CCCO1)Nc1ccc(OC2CCCC2)cc1. The van der Waals surface area contributed by atoms with Crippen molar-refractivity contribution in [2.75, 3.05) is 25.0 Å². The molecule has 1 aromatic carbocycles. The summed E-state index contributed by atoms with van der Waals surface area (Å²) in [6, 6.07) is 7.63. The molecule has 2 N–H and O–H groups in total. The molecule has 0 aromatic heterocycles. The van der Waals surface area contributed by atoms with E-state index in [9.17, 15) is 4.79 Å². The molecule has 0 radical (unpaired) electrons. The summed E-state index contributed by atoms with van der Waals surface area (Å²) in [5.74, 6) is 0.846. The van der Waals surface area contributed by atoms with E-state index in [1.54, 1.807) is 0 Å². The van der Waals surface area contributed by atoms with Crippen LogP contribution >= 0.6 is 12.4 Å². The van der Waals surface area contributed by atoms with Crippen molar-refractivity contribution in [3.8, 4) is 5.75 Å². The summed E-state index contributed by atoms with van der Waals surface area (Å²) in [4.78, 5) is 11.9. The van der Waals surface area contributed by atoms with Crippen LogP contribution in [0.4, 0.5) is 5.69 Å². The lowest BCUT2D eigenvalue weighted by atomic mass is 10.2. The van der Waals surface area contributed by atoms with Gasteiger partial charge in [0, 0.05) is 18.8 Å². The van der Waals surface area contributed by atoms with E-state index in [1.165, 1.54) is 12.8 Å². The zero-order valence-corrected chi connectivity index (χ0v) is 14.8. The van der Waals surface area contributed by atoms with Gasteiger partial charge in [-0.15, -0.1) is 12.4 Å². The Morgan fingerprint density at radius 3 is 2.54 bits per heavy atom. The molecule has 1 aromatic rings. The molecule has 1 unspecified atom stereocenters. The van der Waals surface area contributed by atoms with E-state index < -0.39 is 0 Å². The Morgan fingerprint density at radius 2 is 1.88 bits per heavy atom. The smallest absolute Gasteiger partial charge is 0.238 e. The number of hydrogen-bond acceptors (Lipinski definition) is 4. The summed E-state index contributed by atoms with van der Waals surface area (Å²) in [5.41, 5.74) is 0.799. The number of halogens is 1. The molecule has 6 heteroatoms. The van der Waals surface area contributed by atoms with Crippen LogP contribution in [0.15, 0.2) is 24.3 Å². The number of amides is 1. The van der Waals surface area contributed by atoms with Crippen LogP contribution in [0.5, 0.6) is 5.75 Å². The summed E-state index contributed by atoms with van der Waals surface area (Å²) in [7, 11) is 0. The molecule has 2 fully saturated rings. The highest BCUT2D eigenvalue weighted by atomic mass is 35.5. The zero-order valence-electron chi connectivity index (χ0n) is 14.0. The van der Waals surface area contributed by atoms with Gasteiger partial charge in [-0.3, -0.25) is 4.79 Å². The lowest BCUT2D eigenvalue weighted by Gasteiger charge is -2.14. The Labute approximate surface area is 149 Å². The molecular weight excluding hydrogens is 328 g/mol. The first kappa shape index (κ1) is 19.0. The van der Waals surface area contributed by atoms with Crippen molar-refractivity contribution in [3.63, 3.8) is 0 Å². The molecule has 134 valence electrons. The molecular formula is C18H27ClN2O3. The van der Waals surface area contributed by atoms with Crippen molar-refractivity contribution in [3.05, 3.63) is 24.3 Å². The van der Waals surface area contributed by atoms with Crippen molar-refractivity contribution in [1.82, 2.24) is 5.32 Å². The lowest BCUT2D eigenvalue weighted by molar-refractivity contribution is -0.115. The first-order chi connectivity index (χ1) is 11.3. The van der Waals surface area contributed by atoms with Gasteiger partial charge in [0.2, 0.25) is 5.91 Å². The number of hydrogen-bond donors (Lipinski definition) is 2. The van der Waals surface area contributed by atoms with Gasteiger partial charge in [0.15, 0.2) is 0 Å². The quantitative estimate of drug-likeness (QED) is 0.789. The second kappa shape index (κ2) is 9.87. The minimum atomic E-state index is -0.0348. The molecule has 1 heterocycles. The van der Waals surface area contributed by atoms with Crippen molar-refractivity contribution in [2.24, 2.45) is 0 Å². The molecule has 0 bridgehead atoms. The minimum Gasteiger partial charge on any atom is -0.490 e. The third kappa shape index (κ3) is 5.96. The van der Waals surface area contributed by atoms with Gasteiger partial charge in [-0.25, -0.2) is 0 Å². The second-order valence-electron chi connectivity index (χ2n) is 6.36. The van der Waals surface area contributed by atoms with Crippen LogP contribution in [0, 0.1) is 0 Å². The fourth-order valence-electron chi connectivity index (χ4n) is 3.17. The number of nitrogens with one attached hydrogen (secondary N) is 2. The molecule has 2 aliphatic rings. The predicted molar refractivity (Wildman–Crippen MR) is 97.0 cm³/mol. The van der Waals surface area contributed by atoms with E-state index in [0.717, 1.165) is 50.3 Å². The maximum Gasteiger partial charge on any atom is 0.238 e. The van der Waals surface area contributed by atoms with Crippen molar-refractivity contribution in [1.29, 1.82) is 0 Å². The van der Waals surface area contributed by atoms with E-state index >= 15 is 0 Å². The molecule has 3 rings (SSSR count).